The number of alkyl halides is 3. The molecule has 0 saturated carbocycles. The number of hydrogen-bond donors (Lipinski definition) is 1. The van der Waals surface area contributed by atoms with Crippen molar-refractivity contribution in [3.05, 3.63) is 47.5 Å². The molecule has 2 unspecified atom stereocenters. The minimum Gasteiger partial charge on any atom is -0.444 e. The summed E-state index contributed by atoms with van der Waals surface area (Å²) >= 11 is 0. The van der Waals surface area contributed by atoms with Gasteiger partial charge in [-0.3, -0.25) is 0 Å². The second-order valence-electron chi connectivity index (χ2n) is 7.42. The normalized spacial score (nSPS) is 19.8. The van der Waals surface area contributed by atoms with Gasteiger partial charge in [-0.2, -0.15) is 13.2 Å². The van der Waals surface area contributed by atoms with Gasteiger partial charge in [-0.25, -0.2) is 4.79 Å². The fraction of sp³-hybridized carbons (Fsp3) is 0.526. The number of nitrogens with zero attached hydrogens (tertiary/aromatic N) is 1. The van der Waals surface area contributed by atoms with Gasteiger partial charge in [-0.15, -0.1) is 0 Å². The van der Waals surface area contributed by atoms with E-state index in [9.17, 15) is 23.1 Å². The predicted molar refractivity (Wildman–Crippen MR) is 91.5 cm³/mol. The topological polar surface area (TPSA) is 49.8 Å². The Morgan fingerprint density at radius 2 is 1.88 bits per heavy atom. The van der Waals surface area contributed by atoms with Crippen molar-refractivity contribution in [3.8, 4) is 0 Å². The van der Waals surface area contributed by atoms with Crippen LogP contribution in [0.1, 0.15) is 44.4 Å². The maximum atomic E-state index is 12.6. The van der Waals surface area contributed by atoms with Crippen LogP contribution in [-0.2, 0) is 10.9 Å². The third kappa shape index (κ3) is 5.76. The van der Waals surface area contributed by atoms with Gasteiger partial charge in [-0.1, -0.05) is 24.3 Å². The Morgan fingerprint density at radius 1 is 1.27 bits per heavy atom. The molecular weight excluding hydrogens is 347 g/mol. The zero-order valence-electron chi connectivity index (χ0n) is 15.1. The first-order valence-corrected chi connectivity index (χ1v) is 8.47. The van der Waals surface area contributed by atoms with Crippen LogP contribution in [0.5, 0.6) is 0 Å². The molecule has 2 atom stereocenters. The van der Waals surface area contributed by atoms with Crippen LogP contribution in [0.15, 0.2) is 36.4 Å². The Balaban J connectivity index is 1.91. The molecule has 1 aromatic carbocycles. The van der Waals surface area contributed by atoms with Crippen LogP contribution in [0, 0.1) is 5.92 Å². The van der Waals surface area contributed by atoms with E-state index in [-0.39, 0.29) is 12.0 Å². The largest absolute Gasteiger partial charge is 0.444 e. The van der Waals surface area contributed by atoms with E-state index >= 15 is 0 Å². The number of benzene rings is 1. The van der Waals surface area contributed by atoms with Crippen molar-refractivity contribution in [2.24, 2.45) is 5.92 Å². The fourth-order valence-electron chi connectivity index (χ4n) is 2.68. The highest BCUT2D eigenvalue weighted by Gasteiger charge is 2.30. The maximum absolute atomic E-state index is 12.6. The summed E-state index contributed by atoms with van der Waals surface area (Å²) in [6.45, 7) is 6.47. The molecule has 1 fully saturated rings. The molecule has 0 aromatic heterocycles. The Hall–Kier alpha value is -2.02. The second-order valence-corrected chi connectivity index (χ2v) is 7.42. The van der Waals surface area contributed by atoms with Gasteiger partial charge >= 0.3 is 12.3 Å². The number of hydrogen-bond acceptors (Lipinski definition) is 3. The monoisotopic (exact) mass is 371 g/mol. The molecule has 1 aliphatic heterocycles. The Bertz CT molecular complexity index is 647. The first kappa shape index (κ1) is 20.3. The molecule has 1 saturated heterocycles. The Labute approximate surface area is 151 Å². The van der Waals surface area contributed by atoms with Crippen LogP contribution in [0.3, 0.4) is 0 Å². The van der Waals surface area contributed by atoms with Crippen molar-refractivity contribution in [1.82, 2.24) is 4.90 Å². The summed E-state index contributed by atoms with van der Waals surface area (Å²) < 4.78 is 43.0. The van der Waals surface area contributed by atoms with Crippen LogP contribution < -0.4 is 0 Å². The van der Waals surface area contributed by atoms with Gasteiger partial charge in [0.25, 0.3) is 0 Å². The quantitative estimate of drug-likeness (QED) is 0.793. The van der Waals surface area contributed by atoms with E-state index < -0.39 is 23.4 Å². The lowest BCUT2D eigenvalue weighted by Gasteiger charge is -2.24. The molecule has 1 aliphatic rings. The molecule has 144 valence electrons. The lowest BCUT2D eigenvalue weighted by atomic mass is 10.0. The molecule has 0 radical (unpaired) electrons. The number of likely N-dealkylation sites (tertiary alicyclic amines) is 1. The van der Waals surface area contributed by atoms with Crippen LogP contribution in [0.25, 0.3) is 0 Å². The lowest BCUT2D eigenvalue weighted by molar-refractivity contribution is -0.137. The van der Waals surface area contributed by atoms with Gasteiger partial charge in [0.05, 0.1) is 11.7 Å². The van der Waals surface area contributed by atoms with E-state index in [2.05, 4.69) is 0 Å². The minimum absolute atomic E-state index is 0.0756. The molecule has 26 heavy (non-hydrogen) atoms. The lowest BCUT2D eigenvalue weighted by Crippen LogP contribution is -2.35. The summed E-state index contributed by atoms with van der Waals surface area (Å²) in [5.74, 6) is 0.0756. The Morgan fingerprint density at radius 3 is 2.42 bits per heavy atom. The van der Waals surface area contributed by atoms with Gasteiger partial charge in [0, 0.05) is 13.1 Å². The van der Waals surface area contributed by atoms with Crippen molar-refractivity contribution in [3.63, 3.8) is 0 Å². The second kappa shape index (κ2) is 7.70. The van der Waals surface area contributed by atoms with E-state index in [1.165, 1.54) is 12.1 Å². The van der Waals surface area contributed by atoms with Gasteiger partial charge in [0.15, 0.2) is 0 Å². The number of ether oxygens (including phenoxy) is 1. The van der Waals surface area contributed by atoms with Crippen molar-refractivity contribution in [1.29, 1.82) is 0 Å². The highest BCUT2D eigenvalue weighted by atomic mass is 19.4. The molecule has 1 aromatic rings. The summed E-state index contributed by atoms with van der Waals surface area (Å²) in [6, 6.07) is 4.43. The average Bonchev–Trinajstić information content (AvgIpc) is 2.99. The smallest absolute Gasteiger partial charge is 0.416 e. The molecule has 1 heterocycles. The summed E-state index contributed by atoms with van der Waals surface area (Å²) in [5.41, 5.74) is -0.915. The SMILES string of the molecule is CC(C)(C)OC(=O)N1CCC(/C=C/C(O)c2ccc(C(F)(F)F)cc2)C1. The minimum atomic E-state index is -4.39. The van der Waals surface area contributed by atoms with Gasteiger partial charge in [0.1, 0.15) is 5.60 Å². The van der Waals surface area contributed by atoms with Crippen LogP contribution in [0.4, 0.5) is 18.0 Å². The molecule has 1 N–H and O–H groups in total. The van der Waals surface area contributed by atoms with Crippen molar-refractivity contribution >= 4 is 6.09 Å². The summed E-state index contributed by atoms with van der Waals surface area (Å²) in [6.07, 6.45) is -1.66. The predicted octanol–water partition coefficient (Wildman–Crippen LogP) is 4.55. The molecule has 7 heteroatoms. The average molecular weight is 371 g/mol. The standard InChI is InChI=1S/C19H24F3NO3/c1-18(2,3)26-17(25)23-11-10-13(12-23)4-9-16(24)14-5-7-15(8-6-14)19(20,21)22/h4-9,13,16,24H,10-12H2,1-3H3/b9-4+. The van der Waals surface area contributed by atoms with E-state index in [1.54, 1.807) is 37.8 Å². The number of carbonyl (C=O) groups excluding carboxylic acids is 1. The van der Waals surface area contributed by atoms with Crippen LogP contribution in [0.2, 0.25) is 0 Å². The first-order valence-electron chi connectivity index (χ1n) is 8.47. The number of aliphatic hydroxyl groups is 1. The van der Waals surface area contributed by atoms with E-state index in [0.29, 0.717) is 18.7 Å². The fourth-order valence-corrected chi connectivity index (χ4v) is 2.68. The first-order chi connectivity index (χ1) is 12.0. The van der Waals surface area contributed by atoms with E-state index in [1.807, 2.05) is 0 Å². The van der Waals surface area contributed by atoms with Crippen LogP contribution in [-0.4, -0.2) is 34.8 Å². The maximum Gasteiger partial charge on any atom is 0.416 e. The van der Waals surface area contributed by atoms with Gasteiger partial charge in [0.2, 0.25) is 0 Å². The number of halogens is 3. The molecule has 1 amide bonds. The van der Waals surface area contributed by atoms with Crippen molar-refractivity contribution in [2.45, 2.75) is 45.1 Å². The molecule has 4 nitrogen and oxygen atoms in total. The van der Waals surface area contributed by atoms with E-state index in [4.69, 9.17) is 4.74 Å². The van der Waals surface area contributed by atoms with Gasteiger partial charge < -0.3 is 14.7 Å². The van der Waals surface area contributed by atoms with Crippen molar-refractivity contribution < 1.29 is 27.8 Å². The van der Waals surface area contributed by atoms with Gasteiger partial charge in [-0.05, 0) is 50.8 Å². The number of rotatable bonds is 3. The number of amides is 1. The Kier molecular flexibility index (Phi) is 6.01. The summed E-state index contributed by atoms with van der Waals surface area (Å²) in [5, 5.41) is 10.1. The molecule has 0 spiro atoms. The zero-order valence-corrected chi connectivity index (χ0v) is 15.1. The number of aliphatic hydroxyl groups excluding tert-OH is 1. The highest BCUT2D eigenvalue weighted by molar-refractivity contribution is 5.68. The third-order valence-electron chi connectivity index (χ3n) is 4.02. The zero-order chi connectivity index (χ0) is 19.5. The highest BCUT2D eigenvalue weighted by Crippen LogP contribution is 2.30. The van der Waals surface area contributed by atoms with E-state index in [0.717, 1.165) is 18.6 Å². The molecule has 2 rings (SSSR count). The van der Waals surface area contributed by atoms with Crippen molar-refractivity contribution in [2.75, 3.05) is 13.1 Å². The summed E-state index contributed by atoms with van der Waals surface area (Å²) in [7, 11) is 0. The third-order valence-corrected chi connectivity index (χ3v) is 4.02. The molecule has 0 aliphatic carbocycles. The molecule has 0 bridgehead atoms. The summed E-state index contributed by atoms with van der Waals surface area (Å²) in [4.78, 5) is 13.6. The number of carbonyl (C=O) groups is 1. The molecular formula is C19H24F3NO3. The van der Waals surface area contributed by atoms with Crippen LogP contribution >= 0.6 is 0 Å².